The summed E-state index contributed by atoms with van der Waals surface area (Å²) in [5, 5.41) is 7.33. The zero-order valence-electron chi connectivity index (χ0n) is 12.6. The van der Waals surface area contributed by atoms with Crippen LogP contribution in [-0.4, -0.2) is 16.3 Å². The number of benzene rings is 1. The Morgan fingerprint density at radius 1 is 1.33 bits per heavy atom. The molecule has 2 aromatic rings. The first-order chi connectivity index (χ1) is 9.95. The summed E-state index contributed by atoms with van der Waals surface area (Å²) in [5.74, 6) is 0.221. The molecule has 0 saturated heterocycles. The van der Waals surface area contributed by atoms with Crippen LogP contribution in [0.5, 0.6) is 0 Å². The zero-order valence-corrected chi connectivity index (χ0v) is 12.6. The normalized spacial score (nSPS) is 10.9. The van der Waals surface area contributed by atoms with Crippen LogP contribution in [0.25, 0.3) is 0 Å². The van der Waals surface area contributed by atoms with E-state index < -0.39 is 0 Å². The molecule has 2 rings (SSSR count). The molecule has 1 aromatic heterocycles. The first-order valence-corrected chi connectivity index (χ1v) is 7.02. The molecule has 0 unspecified atom stereocenters. The molecule has 0 spiro atoms. The molecule has 1 heterocycles. The van der Waals surface area contributed by atoms with Gasteiger partial charge in [0.25, 0.3) is 5.56 Å². The molecule has 5 heteroatoms. The van der Waals surface area contributed by atoms with Gasteiger partial charge in [-0.2, -0.15) is 5.10 Å². The van der Waals surface area contributed by atoms with Crippen molar-refractivity contribution in [2.24, 2.45) is 5.92 Å². The molecule has 4 nitrogen and oxygen atoms in total. The standard InChI is InChI=1S/C16H20FN3O/c1-11(2)8-18-15-7-16(21)20(19-9-15)10-13-4-5-14(17)6-12(13)3/h4-7,9,11,18H,8,10H2,1-3H3. The maximum absolute atomic E-state index is 13.1. The Morgan fingerprint density at radius 2 is 2.10 bits per heavy atom. The highest BCUT2D eigenvalue weighted by atomic mass is 19.1. The van der Waals surface area contributed by atoms with E-state index >= 15 is 0 Å². The highest BCUT2D eigenvalue weighted by Crippen LogP contribution is 2.11. The molecule has 1 aromatic carbocycles. The molecule has 1 N–H and O–H groups in total. The lowest BCUT2D eigenvalue weighted by molar-refractivity contribution is 0.615. The molecule has 0 bridgehead atoms. The van der Waals surface area contributed by atoms with Gasteiger partial charge in [-0.15, -0.1) is 0 Å². The summed E-state index contributed by atoms with van der Waals surface area (Å²) in [5.41, 5.74) is 2.24. The van der Waals surface area contributed by atoms with Gasteiger partial charge in [0.05, 0.1) is 18.4 Å². The molecule has 0 atom stereocenters. The number of nitrogens with zero attached hydrogens (tertiary/aromatic N) is 2. The largest absolute Gasteiger partial charge is 0.383 e. The second kappa shape index (κ2) is 6.52. The van der Waals surface area contributed by atoms with Crippen LogP contribution in [0.4, 0.5) is 10.1 Å². The Bertz CT molecular complexity index is 679. The van der Waals surface area contributed by atoms with Gasteiger partial charge in [0.15, 0.2) is 0 Å². The number of halogens is 1. The monoisotopic (exact) mass is 289 g/mol. The third kappa shape index (κ3) is 4.15. The number of hydrogen-bond acceptors (Lipinski definition) is 3. The van der Waals surface area contributed by atoms with Crippen molar-refractivity contribution in [1.29, 1.82) is 0 Å². The lowest BCUT2D eigenvalue weighted by atomic mass is 10.1. The third-order valence-corrected chi connectivity index (χ3v) is 3.21. The minimum Gasteiger partial charge on any atom is -0.383 e. The Balaban J connectivity index is 2.16. The summed E-state index contributed by atoms with van der Waals surface area (Å²) in [4.78, 5) is 12.1. The van der Waals surface area contributed by atoms with E-state index in [1.165, 1.54) is 22.9 Å². The molecule has 0 aliphatic rings. The molecule has 0 aliphatic heterocycles. The number of hydrogen-bond donors (Lipinski definition) is 1. The average Bonchev–Trinajstić information content (AvgIpc) is 2.42. The van der Waals surface area contributed by atoms with E-state index in [2.05, 4.69) is 24.3 Å². The van der Waals surface area contributed by atoms with E-state index in [-0.39, 0.29) is 11.4 Å². The van der Waals surface area contributed by atoms with Gasteiger partial charge >= 0.3 is 0 Å². The van der Waals surface area contributed by atoms with Gasteiger partial charge in [0, 0.05) is 12.6 Å². The maximum Gasteiger partial charge on any atom is 0.269 e. The van der Waals surface area contributed by atoms with Crippen LogP contribution in [0, 0.1) is 18.7 Å². The van der Waals surface area contributed by atoms with Crippen molar-refractivity contribution in [2.75, 3.05) is 11.9 Å². The van der Waals surface area contributed by atoms with Crippen LogP contribution >= 0.6 is 0 Å². The molecule has 21 heavy (non-hydrogen) atoms. The second-order valence-corrected chi connectivity index (χ2v) is 5.59. The van der Waals surface area contributed by atoms with Crippen molar-refractivity contribution < 1.29 is 4.39 Å². The predicted octanol–water partition coefficient (Wildman–Crippen LogP) is 2.81. The molecule has 0 aliphatic carbocycles. The van der Waals surface area contributed by atoms with E-state index in [0.29, 0.717) is 12.5 Å². The van der Waals surface area contributed by atoms with Crippen molar-refractivity contribution in [3.8, 4) is 0 Å². The van der Waals surface area contributed by atoms with Gasteiger partial charge in [-0.25, -0.2) is 9.07 Å². The van der Waals surface area contributed by atoms with Gasteiger partial charge < -0.3 is 5.32 Å². The molecule has 0 fully saturated rings. The van der Waals surface area contributed by atoms with Crippen molar-refractivity contribution in [3.05, 3.63) is 57.8 Å². The first kappa shape index (κ1) is 15.2. The van der Waals surface area contributed by atoms with Gasteiger partial charge in [-0.3, -0.25) is 4.79 Å². The van der Waals surface area contributed by atoms with Crippen LogP contribution in [0.3, 0.4) is 0 Å². The predicted molar refractivity (Wildman–Crippen MR) is 82.1 cm³/mol. The lowest BCUT2D eigenvalue weighted by Crippen LogP contribution is -2.24. The van der Waals surface area contributed by atoms with Gasteiger partial charge in [0.2, 0.25) is 0 Å². The van der Waals surface area contributed by atoms with Crippen molar-refractivity contribution in [2.45, 2.75) is 27.3 Å². The molecule has 112 valence electrons. The van der Waals surface area contributed by atoms with Gasteiger partial charge in [0.1, 0.15) is 5.82 Å². The summed E-state index contributed by atoms with van der Waals surface area (Å²) in [6.45, 7) is 7.15. The van der Waals surface area contributed by atoms with Crippen LogP contribution in [0.1, 0.15) is 25.0 Å². The lowest BCUT2D eigenvalue weighted by Gasteiger charge is -2.11. The SMILES string of the molecule is Cc1cc(F)ccc1Cn1ncc(NCC(C)C)cc1=O. The Hall–Kier alpha value is -2.17. The molecular weight excluding hydrogens is 269 g/mol. The highest BCUT2D eigenvalue weighted by Gasteiger charge is 2.05. The van der Waals surface area contributed by atoms with Crippen LogP contribution in [-0.2, 0) is 6.54 Å². The van der Waals surface area contributed by atoms with Crippen molar-refractivity contribution in [1.82, 2.24) is 9.78 Å². The molecular formula is C16H20FN3O. The summed E-state index contributed by atoms with van der Waals surface area (Å²) < 4.78 is 14.5. The van der Waals surface area contributed by atoms with E-state index in [4.69, 9.17) is 0 Å². The minimum absolute atomic E-state index is 0.174. The van der Waals surface area contributed by atoms with Gasteiger partial charge in [-0.05, 0) is 36.1 Å². The van der Waals surface area contributed by atoms with Crippen LogP contribution < -0.4 is 10.9 Å². The number of nitrogens with one attached hydrogen (secondary N) is 1. The summed E-state index contributed by atoms with van der Waals surface area (Å²) in [7, 11) is 0. The summed E-state index contributed by atoms with van der Waals surface area (Å²) >= 11 is 0. The summed E-state index contributed by atoms with van der Waals surface area (Å²) in [6, 6.07) is 6.07. The molecule has 0 amide bonds. The Morgan fingerprint density at radius 3 is 2.71 bits per heavy atom. The molecule has 0 saturated carbocycles. The highest BCUT2D eigenvalue weighted by molar-refractivity contribution is 5.38. The smallest absolute Gasteiger partial charge is 0.269 e. The van der Waals surface area contributed by atoms with Crippen LogP contribution in [0.15, 0.2) is 35.3 Å². The van der Waals surface area contributed by atoms with E-state index in [1.807, 2.05) is 6.92 Å². The fourth-order valence-electron chi connectivity index (χ4n) is 1.97. The number of anilines is 1. The second-order valence-electron chi connectivity index (χ2n) is 5.59. The van der Waals surface area contributed by atoms with E-state index in [1.54, 1.807) is 12.3 Å². The summed E-state index contributed by atoms with van der Waals surface area (Å²) in [6.07, 6.45) is 1.64. The Kier molecular flexibility index (Phi) is 4.73. The molecule has 0 radical (unpaired) electrons. The van der Waals surface area contributed by atoms with E-state index in [9.17, 15) is 9.18 Å². The van der Waals surface area contributed by atoms with Crippen molar-refractivity contribution >= 4 is 5.69 Å². The third-order valence-electron chi connectivity index (χ3n) is 3.21. The Labute approximate surface area is 123 Å². The topological polar surface area (TPSA) is 46.9 Å². The maximum atomic E-state index is 13.1. The van der Waals surface area contributed by atoms with E-state index in [0.717, 1.165) is 23.4 Å². The fraction of sp³-hybridized carbons (Fsp3) is 0.375. The average molecular weight is 289 g/mol. The fourth-order valence-corrected chi connectivity index (χ4v) is 1.97. The number of rotatable bonds is 5. The van der Waals surface area contributed by atoms with Gasteiger partial charge in [-0.1, -0.05) is 19.9 Å². The van der Waals surface area contributed by atoms with Crippen molar-refractivity contribution in [3.63, 3.8) is 0 Å². The van der Waals surface area contributed by atoms with Crippen LogP contribution in [0.2, 0.25) is 0 Å². The number of aromatic nitrogens is 2. The quantitative estimate of drug-likeness (QED) is 0.920. The minimum atomic E-state index is -0.273. The first-order valence-electron chi connectivity index (χ1n) is 7.02. The zero-order chi connectivity index (χ0) is 15.4. The number of aryl methyl sites for hydroxylation is 1.